The van der Waals surface area contributed by atoms with Gasteiger partial charge in [0.2, 0.25) is 11.8 Å². The van der Waals surface area contributed by atoms with Crippen LogP contribution in [0.5, 0.6) is 0 Å². The molecule has 2 aromatic carbocycles. The molecule has 244 valence electrons. The molecular weight excluding hydrogens is 612 g/mol. The van der Waals surface area contributed by atoms with Gasteiger partial charge in [-0.25, -0.2) is 13.8 Å². The average molecular weight is 652 g/mol. The van der Waals surface area contributed by atoms with Crippen LogP contribution in [0.4, 0.5) is 8.78 Å². The van der Waals surface area contributed by atoms with E-state index in [1.165, 1.54) is 47.6 Å². The van der Waals surface area contributed by atoms with Crippen molar-refractivity contribution in [3.8, 4) is 0 Å². The largest absolute Gasteiger partial charge is 0.348 e. The molecule has 1 aromatic heterocycles. The number of carbonyl (C=O) groups is 3. The van der Waals surface area contributed by atoms with E-state index in [4.69, 9.17) is 0 Å². The Morgan fingerprint density at radius 2 is 1.93 bits per heavy atom. The molecule has 8 nitrogen and oxygen atoms in total. The third-order valence-corrected chi connectivity index (χ3v) is 9.03. The highest BCUT2D eigenvalue weighted by Gasteiger charge is 2.40. The summed E-state index contributed by atoms with van der Waals surface area (Å²) in [6.45, 7) is 3.23. The predicted molar refractivity (Wildman–Crippen MR) is 176 cm³/mol. The fourth-order valence-electron chi connectivity index (χ4n) is 6.31. The topological polar surface area (TPSA) is 103 Å². The SMILES string of the molecule is C[C@H](NC(=O)[C@@H]1C[C@@H](F)CN1C(=O)CNC(=O)c1ccc2cc(F)ccc2n1)c1cc(C2CCCNC2)ccc1/C=C/C1CC1.Cl. The number of hydrogen-bond donors (Lipinski definition) is 3. The van der Waals surface area contributed by atoms with Crippen molar-refractivity contribution in [1.82, 2.24) is 25.8 Å². The van der Waals surface area contributed by atoms with E-state index in [-0.39, 0.29) is 37.1 Å². The van der Waals surface area contributed by atoms with Gasteiger partial charge in [0.15, 0.2) is 0 Å². The lowest BCUT2D eigenvalue weighted by molar-refractivity contribution is -0.138. The number of alkyl halides is 1. The first-order chi connectivity index (χ1) is 21.7. The van der Waals surface area contributed by atoms with Crippen LogP contribution in [-0.2, 0) is 9.59 Å². The van der Waals surface area contributed by atoms with Crippen LogP contribution in [0, 0.1) is 11.7 Å². The van der Waals surface area contributed by atoms with Crippen LogP contribution in [-0.4, -0.2) is 66.0 Å². The Labute approximate surface area is 273 Å². The molecule has 6 rings (SSSR count). The molecule has 3 fully saturated rings. The van der Waals surface area contributed by atoms with Crippen LogP contribution in [0.25, 0.3) is 17.0 Å². The molecule has 2 saturated heterocycles. The molecule has 3 aromatic rings. The van der Waals surface area contributed by atoms with E-state index >= 15 is 0 Å². The maximum absolute atomic E-state index is 14.6. The van der Waals surface area contributed by atoms with Gasteiger partial charge in [0.25, 0.3) is 5.91 Å². The number of carbonyl (C=O) groups excluding carboxylic acids is 3. The molecule has 11 heteroatoms. The van der Waals surface area contributed by atoms with Crippen molar-refractivity contribution in [2.75, 3.05) is 26.2 Å². The first kappa shape index (κ1) is 33.5. The van der Waals surface area contributed by atoms with E-state index in [9.17, 15) is 23.2 Å². The van der Waals surface area contributed by atoms with Gasteiger partial charge < -0.3 is 20.9 Å². The van der Waals surface area contributed by atoms with Crippen molar-refractivity contribution in [3.63, 3.8) is 0 Å². The van der Waals surface area contributed by atoms with Crippen molar-refractivity contribution >= 4 is 47.1 Å². The second-order valence-corrected chi connectivity index (χ2v) is 12.5. The van der Waals surface area contributed by atoms with Gasteiger partial charge in [-0.05, 0) is 91.9 Å². The Morgan fingerprint density at radius 3 is 2.70 bits per heavy atom. The maximum Gasteiger partial charge on any atom is 0.270 e. The average Bonchev–Trinajstić information content (AvgIpc) is 3.80. The van der Waals surface area contributed by atoms with Crippen LogP contribution in [0.1, 0.15) is 78.2 Å². The quantitative estimate of drug-likeness (QED) is 0.294. The van der Waals surface area contributed by atoms with Crippen molar-refractivity contribution in [2.45, 2.75) is 63.2 Å². The van der Waals surface area contributed by atoms with Gasteiger partial charge in [-0.2, -0.15) is 0 Å². The molecule has 3 N–H and O–H groups in total. The van der Waals surface area contributed by atoms with Crippen LogP contribution >= 0.6 is 12.4 Å². The minimum Gasteiger partial charge on any atom is -0.348 e. The molecule has 3 aliphatic rings. The standard InChI is InChI=1S/C35H39F2N5O3.ClH/c1-21(29-16-24(26-3-2-14-38-18-26)9-8-23(29)7-6-22-4-5-22)40-35(45)32-17-28(37)20-42(32)33(43)19-39-34(44)31-12-10-25-15-27(36)11-13-30(25)41-31;/h6-13,15-16,21-22,26,28,32,38H,2-5,14,17-20H2,1H3,(H,39,44)(H,40,45);1H/b7-6+;/t21-,26?,28+,32-;/m0./s1. The van der Waals surface area contributed by atoms with E-state index in [1.807, 2.05) is 6.92 Å². The monoisotopic (exact) mass is 651 g/mol. The van der Waals surface area contributed by atoms with Crippen LogP contribution in [0.15, 0.2) is 54.6 Å². The maximum atomic E-state index is 14.6. The molecule has 0 spiro atoms. The summed E-state index contributed by atoms with van der Waals surface area (Å²) < 4.78 is 28.1. The molecule has 1 aliphatic carbocycles. The van der Waals surface area contributed by atoms with Gasteiger partial charge >= 0.3 is 0 Å². The van der Waals surface area contributed by atoms with Gasteiger partial charge in [0.05, 0.1) is 24.6 Å². The highest BCUT2D eigenvalue weighted by molar-refractivity contribution is 5.97. The zero-order valence-electron chi connectivity index (χ0n) is 25.8. The molecule has 0 bridgehead atoms. The van der Waals surface area contributed by atoms with Crippen molar-refractivity contribution in [3.05, 3.63) is 82.8 Å². The number of benzene rings is 2. The molecular formula is C35H40ClF2N5O3. The minimum absolute atomic E-state index is 0. The van der Waals surface area contributed by atoms with E-state index < -0.39 is 42.3 Å². The molecule has 2 aliphatic heterocycles. The summed E-state index contributed by atoms with van der Waals surface area (Å²) in [5, 5.41) is 9.60. The number of hydrogen-bond acceptors (Lipinski definition) is 5. The Bertz CT molecular complexity index is 1630. The molecule has 46 heavy (non-hydrogen) atoms. The number of likely N-dealkylation sites (tertiary alicyclic amines) is 1. The molecule has 1 saturated carbocycles. The second kappa shape index (κ2) is 14.7. The van der Waals surface area contributed by atoms with E-state index in [0.29, 0.717) is 22.7 Å². The molecule has 4 atom stereocenters. The fraction of sp³-hybridized carbons (Fsp3) is 0.429. The number of nitrogens with zero attached hydrogens (tertiary/aromatic N) is 2. The Kier molecular flexibility index (Phi) is 10.7. The first-order valence-electron chi connectivity index (χ1n) is 15.9. The smallest absolute Gasteiger partial charge is 0.270 e. The number of allylic oxidation sites excluding steroid dienone is 1. The molecule has 0 radical (unpaired) electrons. The van der Waals surface area contributed by atoms with Gasteiger partial charge in [0, 0.05) is 18.4 Å². The molecule has 3 heterocycles. The number of aromatic nitrogens is 1. The lowest BCUT2D eigenvalue weighted by Crippen LogP contribution is -2.49. The van der Waals surface area contributed by atoms with Crippen LogP contribution in [0.2, 0.25) is 0 Å². The first-order valence-corrected chi connectivity index (χ1v) is 15.9. The number of pyridine rings is 1. The van der Waals surface area contributed by atoms with Gasteiger partial charge in [0.1, 0.15) is 23.7 Å². The lowest BCUT2D eigenvalue weighted by Gasteiger charge is -2.27. The zero-order valence-corrected chi connectivity index (χ0v) is 26.6. The Balaban J connectivity index is 0.00000417. The van der Waals surface area contributed by atoms with Gasteiger partial charge in [-0.3, -0.25) is 14.4 Å². The summed E-state index contributed by atoms with van der Waals surface area (Å²) in [4.78, 5) is 44.9. The Hall–Kier alpha value is -3.89. The number of piperidine rings is 1. The molecule has 3 amide bonds. The summed E-state index contributed by atoms with van der Waals surface area (Å²) in [6.07, 6.45) is 7.51. The summed E-state index contributed by atoms with van der Waals surface area (Å²) >= 11 is 0. The lowest BCUT2D eigenvalue weighted by atomic mass is 9.88. The van der Waals surface area contributed by atoms with E-state index in [2.05, 4.69) is 51.3 Å². The number of amides is 3. The van der Waals surface area contributed by atoms with E-state index in [0.717, 1.165) is 37.1 Å². The summed E-state index contributed by atoms with van der Waals surface area (Å²) in [5.74, 6) is -0.980. The third kappa shape index (κ3) is 7.90. The summed E-state index contributed by atoms with van der Waals surface area (Å²) in [7, 11) is 0. The van der Waals surface area contributed by atoms with Crippen LogP contribution in [0.3, 0.4) is 0 Å². The van der Waals surface area contributed by atoms with Gasteiger partial charge in [-0.1, -0.05) is 36.4 Å². The number of nitrogens with one attached hydrogen (secondary N) is 3. The predicted octanol–water partition coefficient (Wildman–Crippen LogP) is 5.23. The third-order valence-electron chi connectivity index (χ3n) is 9.03. The van der Waals surface area contributed by atoms with Crippen molar-refractivity contribution < 1.29 is 23.2 Å². The molecule has 1 unspecified atom stereocenters. The number of fused-ring (bicyclic) bond motifs is 1. The highest BCUT2D eigenvalue weighted by Crippen LogP contribution is 2.33. The van der Waals surface area contributed by atoms with Crippen molar-refractivity contribution in [1.29, 1.82) is 0 Å². The normalized spacial score (nSPS) is 22.0. The second-order valence-electron chi connectivity index (χ2n) is 12.5. The number of rotatable bonds is 9. The van der Waals surface area contributed by atoms with Crippen molar-refractivity contribution in [2.24, 2.45) is 5.92 Å². The fourth-order valence-corrected chi connectivity index (χ4v) is 6.31. The summed E-state index contributed by atoms with van der Waals surface area (Å²) in [5.41, 5.74) is 3.77. The van der Waals surface area contributed by atoms with Crippen LogP contribution < -0.4 is 16.0 Å². The number of halogens is 3. The Morgan fingerprint density at radius 1 is 1.11 bits per heavy atom. The summed E-state index contributed by atoms with van der Waals surface area (Å²) in [6, 6.07) is 12.2. The zero-order chi connectivity index (χ0) is 31.5. The highest BCUT2D eigenvalue weighted by atomic mass is 35.5. The minimum atomic E-state index is -1.35. The van der Waals surface area contributed by atoms with Gasteiger partial charge in [-0.15, -0.1) is 12.4 Å². The van der Waals surface area contributed by atoms with E-state index in [1.54, 1.807) is 6.07 Å².